The van der Waals surface area contributed by atoms with Gasteiger partial charge in [-0.25, -0.2) is 0 Å². The van der Waals surface area contributed by atoms with Gasteiger partial charge in [-0.05, 0) is 12.1 Å². The highest BCUT2D eigenvalue weighted by Crippen LogP contribution is 2.17. The third kappa shape index (κ3) is 2.58. The molecule has 0 fully saturated rings. The maximum absolute atomic E-state index is 10.1. The summed E-state index contributed by atoms with van der Waals surface area (Å²) in [6, 6.07) is 11.9. The first kappa shape index (κ1) is 11.7. The molecule has 1 unspecified atom stereocenters. The Balaban J connectivity index is 1.85. The number of hydrogen-bond donors (Lipinski definition) is 1. The second-order valence-electron chi connectivity index (χ2n) is 4.35. The van der Waals surface area contributed by atoms with Crippen LogP contribution in [0.2, 0.25) is 0 Å². The zero-order chi connectivity index (χ0) is 13.1. The molecule has 0 aliphatic rings. The molecule has 0 aliphatic heterocycles. The lowest BCUT2D eigenvalue weighted by atomic mass is 10.1. The number of rotatable bonds is 3. The summed E-state index contributed by atoms with van der Waals surface area (Å²) in [5.41, 5.74) is 2.35. The molecule has 94 valence electrons. The van der Waals surface area contributed by atoms with E-state index in [0.717, 1.165) is 16.6 Å². The van der Waals surface area contributed by atoms with Gasteiger partial charge in [0.1, 0.15) is 6.10 Å². The van der Waals surface area contributed by atoms with Gasteiger partial charge in [0, 0.05) is 29.9 Å². The minimum absolute atomic E-state index is 0.434. The lowest BCUT2D eigenvalue weighted by Gasteiger charge is -2.09. The van der Waals surface area contributed by atoms with Crippen molar-refractivity contribution in [2.45, 2.75) is 12.5 Å². The van der Waals surface area contributed by atoms with Crippen LogP contribution in [0, 0.1) is 0 Å². The SMILES string of the molecule is OC(Cc1ccc2ccccc2n1)c1cnccn1. The van der Waals surface area contributed by atoms with Crippen molar-refractivity contribution in [2.75, 3.05) is 0 Å². The number of aliphatic hydroxyl groups excluding tert-OH is 1. The number of aliphatic hydroxyl groups is 1. The lowest BCUT2D eigenvalue weighted by molar-refractivity contribution is 0.172. The summed E-state index contributed by atoms with van der Waals surface area (Å²) >= 11 is 0. The maximum Gasteiger partial charge on any atom is 0.103 e. The number of aromatic nitrogens is 3. The second-order valence-corrected chi connectivity index (χ2v) is 4.35. The predicted molar refractivity (Wildman–Crippen MR) is 72.4 cm³/mol. The summed E-state index contributed by atoms with van der Waals surface area (Å²) in [7, 11) is 0. The van der Waals surface area contributed by atoms with Crippen molar-refractivity contribution in [1.82, 2.24) is 15.0 Å². The number of hydrogen-bond acceptors (Lipinski definition) is 4. The first-order valence-corrected chi connectivity index (χ1v) is 6.11. The summed E-state index contributed by atoms with van der Waals surface area (Å²) in [4.78, 5) is 12.6. The molecule has 19 heavy (non-hydrogen) atoms. The highest BCUT2D eigenvalue weighted by molar-refractivity contribution is 5.78. The first-order valence-electron chi connectivity index (χ1n) is 6.11. The van der Waals surface area contributed by atoms with Crippen LogP contribution in [-0.4, -0.2) is 20.1 Å². The van der Waals surface area contributed by atoms with E-state index in [0.29, 0.717) is 12.1 Å². The van der Waals surface area contributed by atoms with Gasteiger partial charge in [-0.1, -0.05) is 24.3 Å². The van der Waals surface area contributed by atoms with Crippen LogP contribution in [0.1, 0.15) is 17.5 Å². The van der Waals surface area contributed by atoms with E-state index in [4.69, 9.17) is 0 Å². The van der Waals surface area contributed by atoms with E-state index in [1.165, 1.54) is 0 Å². The minimum Gasteiger partial charge on any atom is -0.386 e. The highest BCUT2D eigenvalue weighted by Gasteiger charge is 2.11. The van der Waals surface area contributed by atoms with Gasteiger partial charge in [-0.3, -0.25) is 15.0 Å². The fourth-order valence-corrected chi connectivity index (χ4v) is 2.01. The molecule has 1 N–H and O–H groups in total. The highest BCUT2D eigenvalue weighted by atomic mass is 16.3. The molecule has 2 aromatic heterocycles. The van der Waals surface area contributed by atoms with Gasteiger partial charge >= 0.3 is 0 Å². The molecule has 0 bridgehead atoms. The average molecular weight is 251 g/mol. The fourth-order valence-electron chi connectivity index (χ4n) is 2.01. The maximum atomic E-state index is 10.1. The third-order valence-electron chi connectivity index (χ3n) is 2.98. The van der Waals surface area contributed by atoms with Gasteiger partial charge in [0.05, 0.1) is 17.4 Å². The summed E-state index contributed by atoms with van der Waals surface area (Å²) in [6.45, 7) is 0. The summed E-state index contributed by atoms with van der Waals surface area (Å²) in [5, 5.41) is 11.2. The zero-order valence-corrected chi connectivity index (χ0v) is 10.3. The van der Waals surface area contributed by atoms with E-state index in [2.05, 4.69) is 15.0 Å². The lowest BCUT2D eigenvalue weighted by Crippen LogP contribution is -2.05. The minimum atomic E-state index is -0.678. The standard InChI is InChI=1S/C15H13N3O/c19-15(14-10-16-7-8-17-14)9-12-6-5-11-3-1-2-4-13(11)18-12/h1-8,10,15,19H,9H2. The molecule has 0 aliphatic carbocycles. The van der Waals surface area contributed by atoms with Gasteiger partial charge in [-0.2, -0.15) is 0 Å². The Kier molecular flexibility index (Phi) is 3.16. The van der Waals surface area contributed by atoms with Gasteiger partial charge in [-0.15, -0.1) is 0 Å². The van der Waals surface area contributed by atoms with Gasteiger partial charge < -0.3 is 5.11 Å². The van der Waals surface area contributed by atoms with E-state index < -0.39 is 6.10 Å². The van der Waals surface area contributed by atoms with Gasteiger partial charge in [0.2, 0.25) is 0 Å². The van der Waals surface area contributed by atoms with Crippen LogP contribution in [-0.2, 0) is 6.42 Å². The normalized spacial score (nSPS) is 12.5. The van der Waals surface area contributed by atoms with Crippen LogP contribution in [0.3, 0.4) is 0 Å². The smallest absolute Gasteiger partial charge is 0.103 e. The van der Waals surface area contributed by atoms with Crippen LogP contribution in [0.25, 0.3) is 10.9 Å². The largest absolute Gasteiger partial charge is 0.386 e. The Hall–Kier alpha value is -2.33. The van der Waals surface area contributed by atoms with Gasteiger partial charge in [0.25, 0.3) is 0 Å². The molecular formula is C15H13N3O. The Morgan fingerprint density at radius 1 is 1.05 bits per heavy atom. The van der Waals surface area contributed by atoms with Crippen molar-refractivity contribution in [3.8, 4) is 0 Å². The van der Waals surface area contributed by atoms with Crippen molar-refractivity contribution >= 4 is 10.9 Å². The monoisotopic (exact) mass is 251 g/mol. The molecule has 1 atom stereocenters. The second kappa shape index (κ2) is 5.12. The molecule has 4 nitrogen and oxygen atoms in total. The molecule has 0 saturated heterocycles. The van der Waals surface area contributed by atoms with Crippen LogP contribution in [0.15, 0.2) is 55.0 Å². The molecule has 0 radical (unpaired) electrons. The quantitative estimate of drug-likeness (QED) is 0.776. The third-order valence-corrected chi connectivity index (χ3v) is 2.98. The van der Waals surface area contributed by atoms with Crippen molar-refractivity contribution in [3.63, 3.8) is 0 Å². The average Bonchev–Trinajstić information content (AvgIpc) is 2.48. The number of nitrogens with zero attached hydrogens (tertiary/aromatic N) is 3. The van der Waals surface area contributed by atoms with Crippen LogP contribution < -0.4 is 0 Å². The van der Waals surface area contributed by atoms with E-state index in [9.17, 15) is 5.11 Å². The summed E-state index contributed by atoms with van der Waals surface area (Å²) in [5.74, 6) is 0. The molecule has 3 rings (SSSR count). The van der Waals surface area contributed by atoms with Crippen LogP contribution >= 0.6 is 0 Å². The van der Waals surface area contributed by atoms with E-state index in [1.54, 1.807) is 18.6 Å². The van der Waals surface area contributed by atoms with Gasteiger partial charge in [0.15, 0.2) is 0 Å². The first-order chi connectivity index (χ1) is 9.33. The molecule has 4 heteroatoms. The number of para-hydroxylation sites is 1. The van der Waals surface area contributed by atoms with Crippen molar-refractivity contribution in [3.05, 3.63) is 66.4 Å². The summed E-state index contributed by atoms with van der Waals surface area (Å²) in [6.07, 6.45) is 4.49. The Labute approximate surface area is 110 Å². The summed E-state index contributed by atoms with van der Waals surface area (Å²) < 4.78 is 0. The molecular weight excluding hydrogens is 238 g/mol. The number of benzene rings is 1. The number of fused-ring (bicyclic) bond motifs is 1. The molecule has 3 aromatic rings. The molecule has 0 saturated carbocycles. The van der Waals surface area contributed by atoms with Crippen molar-refractivity contribution in [1.29, 1.82) is 0 Å². The molecule has 0 spiro atoms. The Morgan fingerprint density at radius 3 is 2.79 bits per heavy atom. The van der Waals surface area contributed by atoms with Crippen LogP contribution in [0.5, 0.6) is 0 Å². The molecule has 1 aromatic carbocycles. The Morgan fingerprint density at radius 2 is 1.95 bits per heavy atom. The predicted octanol–water partition coefficient (Wildman–Crippen LogP) is 2.30. The van der Waals surface area contributed by atoms with Crippen molar-refractivity contribution < 1.29 is 5.11 Å². The van der Waals surface area contributed by atoms with Crippen molar-refractivity contribution in [2.24, 2.45) is 0 Å². The van der Waals surface area contributed by atoms with E-state index in [-0.39, 0.29) is 0 Å². The molecule has 2 heterocycles. The topological polar surface area (TPSA) is 58.9 Å². The number of pyridine rings is 1. The Bertz CT molecular complexity index is 685. The van der Waals surface area contributed by atoms with E-state index >= 15 is 0 Å². The van der Waals surface area contributed by atoms with Crippen LogP contribution in [0.4, 0.5) is 0 Å². The molecule has 0 amide bonds. The fraction of sp³-hybridized carbons (Fsp3) is 0.133. The zero-order valence-electron chi connectivity index (χ0n) is 10.3. The van der Waals surface area contributed by atoms with E-state index in [1.807, 2.05) is 36.4 Å².